The van der Waals surface area contributed by atoms with Gasteiger partial charge in [0.25, 0.3) is 0 Å². The molecule has 20 heavy (non-hydrogen) atoms. The fourth-order valence-corrected chi connectivity index (χ4v) is 2.08. The molecule has 1 heterocycles. The molecule has 0 aliphatic rings. The molecular weight excluding hydrogens is 272 g/mol. The van der Waals surface area contributed by atoms with Gasteiger partial charge in [-0.05, 0) is 37.6 Å². The summed E-state index contributed by atoms with van der Waals surface area (Å²) in [5.74, 6) is 1.54. The van der Waals surface area contributed by atoms with Crippen molar-refractivity contribution in [3.63, 3.8) is 0 Å². The van der Waals surface area contributed by atoms with Crippen LogP contribution in [0.1, 0.15) is 25.5 Å². The Balaban J connectivity index is 2.19. The van der Waals surface area contributed by atoms with E-state index in [0.717, 1.165) is 17.4 Å². The lowest BCUT2D eigenvalue weighted by Crippen LogP contribution is -2.23. The fraction of sp³-hybridized carbons (Fsp3) is 0.333. The Morgan fingerprint density at radius 3 is 2.60 bits per heavy atom. The first-order valence-corrected chi connectivity index (χ1v) is 7.05. The molecule has 0 bridgehead atoms. The molecule has 1 aromatic heterocycles. The molecule has 1 unspecified atom stereocenters. The summed E-state index contributed by atoms with van der Waals surface area (Å²) < 4.78 is 0. The van der Waals surface area contributed by atoms with E-state index in [1.54, 1.807) is 6.20 Å². The Morgan fingerprint density at radius 1 is 1.25 bits per heavy atom. The predicted molar refractivity (Wildman–Crippen MR) is 84.5 cm³/mol. The van der Waals surface area contributed by atoms with Crippen molar-refractivity contribution < 1.29 is 0 Å². The number of benzene rings is 1. The van der Waals surface area contributed by atoms with Crippen molar-refractivity contribution in [3.05, 3.63) is 47.1 Å². The molecule has 0 radical (unpaired) electrons. The van der Waals surface area contributed by atoms with Gasteiger partial charge in [0.05, 0.1) is 6.04 Å². The summed E-state index contributed by atoms with van der Waals surface area (Å²) >= 11 is 5.93. The van der Waals surface area contributed by atoms with Gasteiger partial charge in [-0.2, -0.15) is 4.98 Å². The van der Waals surface area contributed by atoms with E-state index in [-0.39, 0.29) is 6.04 Å². The Hall–Kier alpha value is -1.81. The third-order valence-electron chi connectivity index (χ3n) is 3.27. The van der Waals surface area contributed by atoms with Crippen molar-refractivity contribution in [1.29, 1.82) is 0 Å². The molecule has 0 fully saturated rings. The van der Waals surface area contributed by atoms with Crippen molar-refractivity contribution >= 4 is 23.4 Å². The molecule has 0 aliphatic carbocycles. The Labute approximate surface area is 124 Å². The summed E-state index contributed by atoms with van der Waals surface area (Å²) in [6, 6.07) is 10.0. The van der Waals surface area contributed by atoms with Crippen molar-refractivity contribution in [3.8, 4) is 0 Å². The number of halogens is 1. The van der Waals surface area contributed by atoms with Crippen molar-refractivity contribution in [2.24, 2.45) is 0 Å². The average molecular weight is 291 g/mol. The molecule has 1 aromatic carbocycles. The van der Waals surface area contributed by atoms with Gasteiger partial charge in [0.15, 0.2) is 0 Å². The van der Waals surface area contributed by atoms with Crippen LogP contribution in [0.3, 0.4) is 0 Å². The number of hydrogen-bond donors (Lipinski definition) is 1. The van der Waals surface area contributed by atoms with Gasteiger partial charge in [0.2, 0.25) is 5.95 Å². The van der Waals surface area contributed by atoms with Crippen LogP contribution in [0.15, 0.2) is 36.5 Å². The number of aromatic nitrogens is 2. The summed E-state index contributed by atoms with van der Waals surface area (Å²) in [7, 11) is 2.03. The summed E-state index contributed by atoms with van der Waals surface area (Å²) in [5, 5.41) is 3.87. The first-order chi connectivity index (χ1) is 9.61. The van der Waals surface area contributed by atoms with Crippen LogP contribution in [0.2, 0.25) is 5.02 Å². The van der Waals surface area contributed by atoms with Gasteiger partial charge in [0, 0.05) is 24.8 Å². The molecule has 1 N–H and O–H groups in total. The summed E-state index contributed by atoms with van der Waals surface area (Å²) in [5.41, 5.74) is 1.19. The van der Waals surface area contributed by atoms with Gasteiger partial charge in [-0.1, -0.05) is 23.7 Å². The summed E-state index contributed by atoms with van der Waals surface area (Å²) in [6.07, 6.45) is 1.77. The average Bonchev–Trinajstić information content (AvgIpc) is 2.47. The van der Waals surface area contributed by atoms with Crippen LogP contribution in [0.4, 0.5) is 11.8 Å². The highest BCUT2D eigenvalue weighted by Gasteiger charge is 2.14. The molecule has 2 aromatic rings. The second-order valence-corrected chi connectivity index (χ2v) is 5.04. The summed E-state index contributed by atoms with van der Waals surface area (Å²) in [4.78, 5) is 10.8. The molecule has 106 valence electrons. The van der Waals surface area contributed by atoms with Crippen LogP contribution in [-0.2, 0) is 0 Å². The maximum Gasteiger partial charge on any atom is 0.224 e. The Kier molecular flexibility index (Phi) is 4.79. The number of hydrogen-bond acceptors (Lipinski definition) is 4. The Morgan fingerprint density at radius 2 is 1.95 bits per heavy atom. The summed E-state index contributed by atoms with van der Waals surface area (Å²) in [6.45, 7) is 4.97. The van der Waals surface area contributed by atoms with Crippen LogP contribution in [-0.4, -0.2) is 23.6 Å². The molecule has 0 aliphatic heterocycles. The van der Waals surface area contributed by atoms with Gasteiger partial charge < -0.3 is 10.2 Å². The normalized spacial score (nSPS) is 12.0. The maximum atomic E-state index is 5.93. The van der Waals surface area contributed by atoms with E-state index >= 15 is 0 Å². The SMILES string of the molecule is CCNc1nccc(N(C)C(C)c2ccc(Cl)cc2)n1. The monoisotopic (exact) mass is 290 g/mol. The van der Waals surface area contributed by atoms with Crippen molar-refractivity contribution in [2.75, 3.05) is 23.8 Å². The fourth-order valence-electron chi connectivity index (χ4n) is 1.95. The quantitative estimate of drug-likeness (QED) is 0.910. The Bertz CT molecular complexity index is 556. The van der Waals surface area contributed by atoms with E-state index < -0.39 is 0 Å². The van der Waals surface area contributed by atoms with Crippen LogP contribution in [0, 0.1) is 0 Å². The van der Waals surface area contributed by atoms with E-state index in [0.29, 0.717) is 5.95 Å². The van der Waals surface area contributed by atoms with Crippen molar-refractivity contribution in [1.82, 2.24) is 9.97 Å². The molecule has 1 atom stereocenters. The van der Waals surface area contributed by atoms with E-state index in [1.807, 2.05) is 44.3 Å². The third kappa shape index (κ3) is 3.39. The minimum absolute atomic E-state index is 0.205. The van der Waals surface area contributed by atoms with Gasteiger partial charge >= 0.3 is 0 Å². The van der Waals surface area contributed by atoms with E-state index in [1.165, 1.54) is 5.56 Å². The van der Waals surface area contributed by atoms with Crippen LogP contribution in [0.25, 0.3) is 0 Å². The lowest BCUT2D eigenvalue weighted by molar-refractivity contribution is 0.727. The zero-order valence-electron chi connectivity index (χ0n) is 12.0. The second kappa shape index (κ2) is 6.57. The predicted octanol–water partition coefficient (Wildman–Crippen LogP) is 3.76. The molecule has 0 saturated heterocycles. The standard InChI is InChI=1S/C15H19ClN4/c1-4-17-15-18-10-9-14(19-15)20(3)11(2)12-5-7-13(16)8-6-12/h5-11H,4H2,1-3H3,(H,17,18,19). The smallest absolute Gasteiger partial charge is 0.224 e. The highest BCUT2D eigenvalue weighted by molar-refractivity contribution is 6.30. The zero-order chi connectivity index (χ0) is 14.5. The minimum atomic E-state index is 0.205. The second-order valence-electron chi connectivity index (χ2n) is 4.61. The van der Waals surface area contributed by atoms with Gasteiger partial charge in [0.1, 0.15) is 5.82 Å². The number of rotatable bonds is 5. The lowest BCUT2D eigenvalue weighted by atomic mass is 10.1. The highest BCUT2D eigenvalue weighted by atomic mass is 35.5. The minimum Gasteiger partial charge on any atom is -0.354 e. The van der Waals surface area contributed by atoms with Crippen LogP contribution < -0.4 is 10.2 Å². The molecule has 4 nitrogen and oxygen atoms in total. The van der Waals surface area contributed by atoms with E-state index in [4.69, 9.17) is 11.6 Å². The first kappa shape index (κ1) is 14.6. The van der Waals surface area contributed by atoms with Gasteiger partial charge in [-0.25, -0.2) is 4.98 Å². The molecular formula is C15H19ClN4. The van der Waals surface area contributed by atoms with Crippen LogP contribution in [0.5, 0.6) is 0 Å². The molecule has 5 heteroatoms. The van der Waals surface area contributed by atoms with E-state index in [9.17, 15) is 0 Å². The largest absolute Gasteiger partial charge is 0.354 e. The number of nitrogens with zero attached hydrogens (tertiary/aromatic N) is 3. The van der Waals surface area contributed by atoms with Gasteiger partial charge in [-0.3, -0.25) is 0 Å². The maximum absolute atomic E-state index is 5.93. The molecule has 0 spiro atoms. The first-order valence-electron chi connectivity index (χ1n) is 6.67. The number of nitrogens with one attached hydrogen (secondary N) is 1. The van der Waals surface area contributed by atoms with Crippen molar-refractivity contribution in [2.45, 2.75) is 19.9 Å². The third-order valence-corrected chi connectivity index (χ3v) is 3.52. The zero-order valence-corrected chi connectivity index (χ0v) is 12.7. The van der Waals surface area contributed by atoms with Gasteiger partial charge in [-0.15, -0.1) is 0 Å². The highest BCUT2D eigenvalue weighted by Crippen LogP contribution is 2.25. The molecule has 0 saturated carbocycles. The molecule has 0 amide bonds. The topological polar surface area (TPSA) is 41.1 Å². The van der Waals surface area contributed by atoms with E-state index in [2.05, 4.69) is 27.1 Å². The molecule has 2 rings (SSSR count). The van der Waals surface area contributed by atoms with Crippen LogP contribution >= 0.6 is 11.6 Å². The number of anilines is 2. The lowest BCUT2D eigenvalue weighted by Gasteiger charge is -2.26.